The number of esters is 4. The van der Waals surface area contributed by atoms with Gasteiger partial charge in [0.2, 0.25) is 11.8 Å². The minimum atomic E-state index is -4.51. The summed E-state index contributed by atoms with van der Waals surface area (Å²) >= 11 is 0. The van der Waals surface area contributed by atoms with Gasteiger partial charge in [0.15, 0.2) is 6.10 Å². The fourth-order valence-corrected chi connectivity index (χ4v) is 6.44. The smallest absolute Gasteiger partial charge is 0.425 e. The van der Waals surface area contributed by atoms with Crippen molar-refractivity contribution in [1.29, 1.82) is 0 Å². The van der Waals surface area contributed by atoms with Crippen molar-refractivity contribution in [3.8, 4) is 0 Å². The van der Waals surface area contributed by atoms with Crippen LogP contribution in [-0.2, 0) is 47.7 Å². The molecule has 1 atom stereocenters. The van der Waals surface area contributed by atoms with E-state index in [4.69, 9.17) is 14.2 Å². The van der Waals surface area contributed by atoms with E-state index in [-0.39, 0.29) is 60.9 Å². The van der Waals surface area contributed by atoms with E-state index >= 15 is 0 Å². The van der Waals surface area contributed by atoms with E-state index < -0.39 is 24.2 Å². The highest BCUT2D eigenvalue weighted by Crippen LogP contribution is 2.57. The highest BCUT2D eigenvalue weighted by molar-refractivity contribution is 6.02. The zero-order valence-corrected chi connectivity index (χ0v) is 32.7. The molecule has 2 amide bonds. The number of hydrogen-bond acceptors (Lipinski definition) is 11. The van der Waals surface area contributed by atoms with Crippen LogP contribution in [0.1, 0.15) is 86.0 Å². The Morgan fingerprint density at radius 2 is 1.13 bits per heavy atom. The van der Waals surface area contributed by atoms with Gasteiger partial charge in [-0.2, -0.15) is 13.2 Å². The van der Waals surface area contributed by atoms with E-state index in [1.165, 1.54) is 33.1 Å². The van der Waals surface area contributed by atoms with Gasteiger partial charge in [0.05, 0.1) is 6.54 Å². The molecule has 5 fully saturated rings. The first-order valence-electron chi connectivity index (χ1n) is 17.8. The van der Waals surface area contributed by atoms with E-state index in [1.54, 1.807) is 13.8 Å². The van der Waals surface area contributed by atoms with Gasteiger partial charge in [-0.3, -0.25) is 14.5 Å². The van der Waals surface area contributed by atoms with Crippen molar-refractivity contribution < 1.29 is 60.9 Å². The van der Waals surface area contributed by atoms with E-state index in [1.807, 2.05) is 19.0 Å². The molecule has 54 heavy (non-hydrogen) atoms. The van der Waals surface area contributed by atoms with Crippen LogP contribution in [0.4, 0.5) is 13.2 Å². The van der Waals surface area contributed by atoms with Gasteiger partial charge in [-0.1, -0.05) is 26.3 Å². The summed E-state index contributed by atoms with van der Waals surface area (Å²) < 4.78 is 54.7. The summed E-state index contributed by atoms with van der Waals surface area (Å²) in [6.45, 7) is 22.0. The van der Waals surface area contributed by atoms with Crippen LogP contribution in [0.15, 0.2) is 48.6 Å². The molecular weight excluding hydrogens is 713 g/mol. The second kappa shape index (κ2) is 21.6. The highest BCUT2D eigenvalue weighted by atomic mass is 19.4. The van der Waals surface area contributed by atoms with Gasteiger partial charge in [0.25, 0.3) is 0 Å². The van der Waals surface area contributed by atoms with Crippen molar-refractivity contribution in [2.45, 2.75) is 104 Å². The molecule has 1 saturated heterocycles. The minimum absolute atomic E-state index is 0.0309. The zero-order valence-electron chi connectivity index (χ0n) is 32.7. The molecule has 1 heterocycles. The molecule has 4 bridgehead atoms. The van der Waals surface area contributed by atoms with Crippen molar-refractivity contribution in [3.05, 3.63) is 48.6 Å². The maximum absolute atomic E-state index is 11.8. The topological polar surface area (TPSA) is 146 Å². The maximum atomic E-state index is 11.8. The summed E-state index contributed by atoms with van der Waals surface area (Å²) in [4.78, 5) is 69.4. The lowest BCUT2D eigenvalue weighted by atomic mass is 9.54. The monoisotopic (exact) mass is 770 g/mol. The van der Waals surface area contributed by atoms with Gasteiger partial charge in [0, 0.05) is 41.7 Å². The van der Waals surface area contributed by atoms with Gasteiger partial charge in [-0.15, -0.1) is 0 Å². The number of carbonyl (C=O) groups excluding carboxylic acids is 6. The third kappa shape index (κ3) is 16.8. The molecule has 0 aromatic carbocycles. The maximum Gasteiger partial charge on any atom is 0.425 e. The summed E-state index contributed by atoms with van der Waals surface area (Å²) in [5.74, 6) is 0.0398. The van der Waals surface area contributed by atoms with E-state index in [0.29, 0.717) is 23.3 Å². The van der Waals surface area contributed by atoms with Crippen LogP contribution < -0.4 is 0 Å². The quantitative estimate of drug-likeness (QED) is 0.0989. The number of imide groups is 1. The van der Waals surface area contributed by atoms with Gasteiger partial charge < -0.3 is 23.8 Å². The predicted molar refractivity (Wildman–Crippen MR) is 194 cm³/mol. The van der Waals surface area contributed by atoms with Crippen LogP contribution in [0.3, 0.4) is 0 Å². The average Bonchev–Trinajstić information content (AvgIpc) is 3.36. The van der Waals surface area contributed by atoms with E-state index in [2.05, 4.69) is 31.1 Å². The van der Waals surface area contributed by atoms with Crippen molar-refractivity contribution in [2.24, 2.45) is 17.8 Å². The number of ether oxygens (including phenoxy) is 4. The number of halogens is 3. The lowest BCUT2D eigenvalue weighted by Crippen LogP contribution is -2.52. The predicted octanol–water partition coefficient (Wildman–Crippen LogP) is 6.05. The number of amides is 2. The van der Waals surface area contributed by atoms with Crippen molar-refractivity contribution in [3.63, 3.8) is 0 Å². The largest absolute Gasteiger partial charge is 0.461 e. The van der Waals surface area contributed by atoms with Crippen LogP contribution in [0.25, 0.3) is 0 Å². The Hall–Kier alpha value is -4.27. The van der Waals surface area contributed by atoms with Crippen molar-refractivity contribution >= 4 is 35.7 Å². The highest BCUT2D eigenvalue weighted by Gasteiger charge is 2.53. The Labute approximate surface area is 316 Å². The van der Waals surface area contributed by atoms with Gasteiger partial charge in [0.1, 0.15) is 18.8 Å². The Balaban J connectivity index is 0.000000365. The molecule has 0 aromatic rings. The molecule has 4 aliphatic carbocycles. The Morgan fingerprint density at radius 1 is 0.741 bits per heavy atom. The number of hydrogen-bond donors (Lipinski definition) is 0. The number of likely N-dealkylation sites (N-methyl/N-ethyl adjacent to an activating group) is 1. The first kappa shape index (κ1) is 47.8. The summed E-state index contributed by atoms with van der Waals surface area (Å²) in [7, 11) is 3.85. The van der Waals surface area contributed by atoms with E-state index in [9.17, 15) is 41.9 Å². The van der Waals surface area contributed by atoms with Crippen molar-refractivity contribution in [2.75, 3.05) is 40.4 Å². The van der Waals surface area contributed by atoms with Gasteiger partial charge in [-0.25, -0.2) is 19.2 Å². The van der Waals surface area contributed by atoms with Crippen LogP contribution >= 0.6 is 0 Å². The molecule has 0 spiro atoms. The fraction of sp³-hybridized carbons (Fsp3) is 0.641. The summed E-state index contributed by atoms with van der Waals surface area (Å²) in [5.41, 5.74) is 1.13. The number of alkyl halides is 3. The second-order valence-corrected chi connectivity index (χ2v) is 14.7. The van der Waals surface area contributed by atoms with Crippen LogP contribution in [0, 0.1) is 17.8 Å². The Bertz CT molecular complexity index is 1380. The van der Waals surface area contributed by atoms with E-state index in [0.717, 1.165) is 55.4 Å². The normalized spacial score (nSPS) is 22.6. The Kier molecular flexibility index (Phi) is 19.1. The third-order valence-electron chi connectivity index (χ3n) is 8.90. The first-order valence-corrected chi connectivity index (χ1v) is 17.8. The molecule has 12 nitrogen and oxygen atoms in total. The minimum Gasteiger partial charge on any atom is -0.461 e. The van der Waals surface area contributed by atoms with Crippen molar-refractivity contribution in [1.82, 2.24) is 9.80 Å². The van der Waals surface area contributed by atoms with Crippen LogP contribution in [0.5, 0.6) is 0 Å². The lowest BCUT2D eigenvalue weighted by Gasteiger charge is -2.55. The molecule has 5 aliphatic rings. The SMILES string of the molecule is C=C(C)C(=O)OC(C)C(F)(F)F.C=C(C)C(=O)OC12CC3CC(CC(C3)C1)C2.C=C(C)C(=O)OCCN(C)C.C=C(C)C(=O)OCCN1C(=O)CCC1=O. The number of nitrogens with zero attached hydrogens (tertiary/aromatic N) is 2. The summed E-state index contributed by atoms with van der Waals surface area (Å²) in [6.07, 6.45) is 1.39. The molecule has 1 unspecified atom stereocenters. The van der Waals surface area contributed by atoms with Crippen LogP contribution in [-0.4, -0.2) is 104 Å². The fourth-order valence-electron chi connectivity index (χ4n) is 6.44. The lowest BCUT2D eigenvalue weighted by molar-refractivity contribution is -0.213. The van der Waals surface area contributed by atoms with Gasteiger partial charge >= 0.3 is 30.1 Å². The zero-order chi connectivity index (χ0) is 41.6. The molecule has 4 saturated carbocycles. The molecule has 0 radical (unpaired) electrons. The molecule has 0 N–H and O–H groups in total. The number of likely N-dealkylation sites (tertiary alicyclic amines) is 1. The second-order valence-electron chi connectivity index (χ2n) is 14.7. The first-order chi connectivity index (χ1) is 24.9. The molecule has 15 heteroatoms. The molecule has 0 aromatic heterocycles. The Morgan fingerprint density at radius 3 is 1.48 bits per heavy atom. The average molecular weight is 771 g/mol. The third-order valence-corrected chi connectivity index (χ3v) is 8.90. The number of carbonyl (C=O) groups is 6. The van der Waals surface area contributed by atoms with Gasteiger partial charge in [-0.05, 0) is 105 Å². The number of rotatable bonds is 12. The molecular formula is C39H57F3N2O10. The summed E-state index contributed by atoms with van der Waals surface area (Å²) in [6, 6.07) is 0. The van der Waals surface area contributed by atoms with Crippen LogP contribution in [0.2, 0.25) is 0 Å². The molecule has 1 aliphatic heterocycles. The standard InChI is InChI=1S/C14H20O2.C10H13NO4.C8H15NO2.C7H9F3O2/c1-9(2)13(15)16-14-6-10-3-11(7-14)5-12(4-10)8-14;1-7(2)10(14)15-6-5-11-8(12)3-4-9(11)13;1-7(2)8(10)11-6-5-9(3)4;1-4(2)6(11)12-5(3)7(8,9)10/h10-12H,1,3-8H2,2H3;1,3-6H2,2H3;1,5-6H2,2-4H3;5H,1H2,2-3H3. The molecule has 5 rings (SSSR count). The summed E-state index contributed by atoms with van der Waals surface area (Å²) in [5, 5.41) is 0. The molecule has 304 valence electrons.